The lowest BCUT2D eigenvalue weighted by atomic mass is 10.1. The molecule has 0 spiro atoms. The fourth-order valence-corrected chi connectivity index (χ4v) is 2.33. The molecule has 5 heteroatoms. The van der Waals surface area contributed by atoms with Crippen LogP contribution in [0.2, 0.25) is 0 Å². The summed E-state index contributed by atoms with van der Waals surface area (Å²) < 4.78 is 0.995. The molecule has 0 aromatic carbocycles. The van der Waals surface area contributed by atoms with Gasteiger partial charge in [-0.05, 0) is 40.9 Å². The van der Waals surface area contributed by atoms with E-state index in [0.29, 0.717) is 6.04 Å². The molecule has 2 heterocycles. The summed E-state index contributed by atoms with van der Waals surface area (Å²) in [6.07, 6.45) is 3.78. The highest BCUT2D eigenvalue weighted by Gasteiger charge is 2.20. The molecule has 0 radical (unpaired) electrons. The van der Waals surface area contributed by atoms with Crippen molar-refractivity contribution in [1.29, 1.82) is 0 Å². The molecular weight excluding hydrogens is 282 g/mol. The predicted molar refractivity (Wildman–Crippen MR) is 71.0 cm³/mol. The van der Waals surface area contributed by atoms with E-state index in [9.17, 15) is 4.79 Å². The Morgan fingerprint density at radius 2 is 2.18 bits per heavy atom. The van der Waals surface area contributed by atoms with E-state index < -0.39 is 0 Å². The summed E-state index contributed by atoms with van der Waals surface area (Å²) in [4.78, 5) is 17.6. The van der Waals surface area contributed by atoms with Crippen LogP contribution in [0, 0.1) is 0 Å². The summed E-state index contributed by atoms with van der Waals surface area (Å²) in [7, 11) is 0. The topological polar surface area (TPSA) is 45.2 Å². The number of anilines is 1. The molecule has 0 aliphatic carbocycles. The van der Waals surface area contributed by atoms with Gasteiger partial charge in [0.15, 0.2) is 0 Å². The van der Waals surface area contributed by atoms with Crippen LogP contribution in [-0.4, -0.2) is 30.0 Å². The summed E-state index contributed by atoms with van der Waals surface area (Å²) in [5.41, 5.74) is 0. The Kier molecular flexibility index (Phi) is 3.99. The quantitative estimate of drug-likeness (QED) is 0.907. The number of carbonyl (C=O) groups is 1. The van der Waals surface area contributed by atoms with Crippen molar-refractivity contribution in [2.24, 2.45) is 0 Å². The van der Waals surface area contributed by atoms with Crippen LogP contribution in [-0.2, 0) is 4.79 Å². The fourth-order valence-electron chi connectivity index (χ4n) is 2.10. The van der Waals surface area contributed by atoms with E-state index >= 15 is 0 Å². The highest BCUT2D eigenvalue weighted by Crippen LogP contribution is 2.19. The third kappa shape index (κ3) is 3.43. The molecule has 92 valence electrons. The molecule has 17 heavy (non-hydrogen) atoms. The third-order valence-electron chi connectivity index (χ3n) is 2.94. The van der Waals surface area contributed by atoms with E-state index in [-0.39, 0.29) is 5.91 Å². The molecule has 0 saturated carbocycles. The second-order valence-corrected chi connectivity index (χ2v) is 5.21. The van der Waals surface area contributed by atoms with Crippen molar-refractivity contribution < 1.29 is 4.79 Å². The van der Waals surface area contributed by atoms with Crippen LogP contribution < -0.4 is 10.2 Å². The maximum Gasteiger partial charge on any atom is 0.217 e. The smallest absolute Gasteiger partial charge is 0.217 e. The Balaban J connectivity index is 1.90. The Bertz CT molecular complexity index is 385. The summed E-state index contributed by atoms with van der Waals surface area (Å²) >= 11 is 3.38. The van der Waals surface area contributed by atoms with Crippen molar-refractivity contribution in [3.05, 3.63) is 22.8 Å². The molecule has 1 aromatic rings. The predicted octanol–water partition coefficient (Wildman–Crippen LogP) is 1.95. The van der Waals surface area contributed by atoms with Gasteiger partial charge >= 0.3 is 0 Å². The van der Waals surface area contributed by atoms with E-state index in [1.54, 1.807) is 6.92 Å². The SMILES string of the molecule is CC(=O)NC1CCN(c2ccc(Br)cn2)CC1. The van der Waals surface area contributed by atoms with Gasteiger partial charge in [-0.3, -0.25) is 4.79 Å². The molecule has 0 atom stereocenters. The average molecular weight is 298 g/mol. The highest BCUT2D eigenvalue weighted by molar-refractivity contribution is 9.10. The number of carbonyl (C=O) groups excluding carboxylic acids is 1. The number of nitrogens with zero attached hydrogens (tertiary/aromatic N) is 2. The van der Waals surface area contributed by atoms with Gasteiger partial charge in [0.25, 0.3) is 0 Å². The molecule has 0 bridgehead atoms. The van der Waals surface area contributed by atoms with Crippen LogP contribution in [0.15, 0.2) is 22.8 Å². The second kappa shape index (κ2) is 5.49. The lowest BCUT2D eigenvalue weighted by Crippen LogP contribution is -2.44. The normalized spacial score (nSPS) is 16.9. The van der Waals surface area contributed by atoms with Crippen molar-refractivity contribution in [3.8, 4) is 0 Å². The van der Waals surface area contributed by atoms with Crippen molar-refractivity contribution >= 4 is 27.7 Å². The van der Waals surface area contributed by atoms with Gasteiger partial charge in [-0.1, -0.05) is 0 Å². The summed E-state index contributed by atoms with van der Waals surface area (Å²) in [6, 6.07) is 4.34. The lowest BCUT2D eigenvalue weighted by Gasteiger charge is -2.32. The number of piperidine rings is 1. The molecular formula is C12H16BrN3O. The lowest BCUT2D eigenvalue weighted by molar-refractivity contribution is -0.119. The number of rotatable bonds is 2. The molecule has 4 nitrogen and oxygen atoms in total. The molecule has 1 aromatic heterocycles. The monoisotopic (exact) mass is 297 g/mol. The molecule has 1 amide bonds. The summed E-state index contributed by atoms with van der Waals surface area (Å²) in [5.74, 6) is 1.07. The van der Waals surface area contributed by atoms with Crippen LogP contribution >= 0.6 is 15.9 Å². The number of amides is 1. The maximum absolute atomic E-state index is 11.0. The first-order chi connectivity index (χ1) is 8.15. The largest absolute Gasteiger partial charge is 0.356 e. The van der Waals surface area contributed by atoms with E-state index in [4.69, 9.17) is 0 Å². The van der Waals surface area contributed by atoms with Gasteiger partial charge in [-0.25, -0.2) is 4.98 Å². The molecule has 1 fully saturated rings. The van der Waals surface area contributed by atoms with Crippen molar-refractivity contribution in [3.63, 3.8) is 0 Å². The summed E-state index contributed by atoms with van der Waals surface area (Å²) in [6.45, 7) is 3.46. The molecule has 1 N–H and O–H groups in total. The van der Waals surface area contributed by atoms with Gasteiger partial charge in [-0.2, -0.15) is 0 Å². The van der Waals surface area contributed by atoms with E-state index in [0.717, 1.165) is 36.2 Å². The minimum absolute atomic E-state index is 0.0604. The highest BCUT2D eigenvalue weighted by atomic mass is 79.9. The first-order valence-electron chi connectivity index (χ1n) is 5.79. The van der Waals surface area contributed by atoms with Gasteiger partial charge in [0, 0.05) is 36.7 Å². The first kappa shape index (κ1) is 12.4. The Hall–Kier alpha value is -1.10. The van der Waals surface area contributed by atoms with Crippen LogP contribution in [0.25, 0.3) is 0 Å². The van der Waals surface area contributed by atoms with Crippen LogP contribution in [0.3, 0.4) is 0 Å². The van der Waals surface area contributed by atoms with Gasteiger partial charge in [0.2, 0.25) is 5.91 Å². The van der Waals surface area contributed by atoms with Crippen LogP contribution in [0.4, 0.5) is 5.82 Å². The van der Waals surface area contributed by atoms with Gasteiger partial charge in [0.05, 0.1) is 0 Å². The maximum atomic E-state index is 11.0. The number of hydrogen-bond donors (Lipinski definition) is 1. The van der Waals surface area contributed by atoms with Crippen molar-refractivity contribution in [1.82, 2.24) is 10.3 Å². The average Bonchev–Trinajstić information content (AvgIpc) is 2.30. The van der Waals surface area contributed by atoms with E-state index in [1.807, 2.05) is 18.3 Å². The number of aromatic nitrogens is 1. The minimum atomic E-state index is 0.0604. The molecule has 1 aliphatic rings. The Morgan fingerprint density at radius 1 is 1.47 bits per heavy atom. The molecule has 1 aliphatic heterocycles. The Labute approximate surface area is 110 Å². The molecule has 0 unspecified atom stereocenters. The zero-order chi connectivity index (χ0) is 12.3. The molecule has 2 rings (SSSR count). The first-order valence-corrected chi connectivity index (χ1v) is 6.58. The number of nitrogens with one attached hydrogen (secondary N) is 1. The number of hydrogen-bond acceptors (Lipinski definition) is 3. The number of pyridine rings is 1. The van der Waals surface area contributed by atoms with Crippen molar-refractivity contribution in [2.75, 3.05) is 18.0 Å². The van der Waals surface area contributed by atoms with Crippen LogP contribution in [0.5, 0.6) is 0 Å². The Morgan fingerprint density at radius 3 is 2.71 bits per heavy atom. The standard InChI is InChI=1S/C12H16BrN3O/c1-9(17)15-11-4-6-16(7-5-11)12-3-2-10(13)8-14-12/h2-3,8,11H,4-7H2,1H3,(H,15,17). The second-order valence-electron chi connectivity index (χ2n) is 4.30. The molecule has 1 saturated heterocycles. The summed E-state index contributed by atoms with van der Waals surface area (Å²) in [5, 5.41) is 2.97. The van der Waals surface area contributed by atoms with E-state index in [1.165, 1.54) is 0 Å². The fraction of sp³-hybridized carbons (Fsp3) is 0.500. The zero-order valence-corrected chi connectivity index (χ0v) is 11.4. The zero-order valence-electron chi connectivity index (χ0n) is 9.82. The van der Waals surface area contributed by atoms with Gasteiger partial charge in [0.1, 0.15) is 5.82 Å². The van der Waals surface area contributed by atoms with Gasteiger partial charge in [-0.15, -0.1) is 0 Å². The van der Waals surface area contributed by atoms with Crippen molar-refractivity contribution in [2.45, 2.75) is 25.8 Å². The van der Waals surface area contributed by atoms with E-state index in [2.05, 4.69) is 31.1 Å². The third-order valence-corrected chi connectivity index (χ3v) is 3.41. The van der Waals surface area contributed by atoms with Crippen LogP contribution in [0.1, 0.15) is 19.8 Å². The number of halogens is 1. The minimum Gasteiger partial charge on any atom is -0.356 e. The van der Waals surface area contributed by atoms with Gasteiger partial charge < -0.3 is 10.2 Å².